The third kappa shape index (κ3) is 32.7. The number of nitrogens with two attached hydrogens (primary N) is 6. The topological polar surface area (TPSA) is 243 Å². The molecule has 0 aromatic rings. The van der Waals surface area contributed by atoms with Crippen molar-refractivity contribution in [3.05, 3.63) is 0 Å². The molecule has 12 nitrogen and oxygen atoms in total. The van der Waals surface area contributed by atoms with Crippen LogP contribution in [0.5, 0.6) is 0 Å². The molecule has 0 bridgehead atoms. The molecule has 0 aromatic heterocycles. The Balaban J connectivity index is -0.0000000747. The van der Waals surface area contributed by atoms with Crippen LogP contribution >= 0.6 is 0 Å². The van der Waals surface area contributed by atoms with Gasteiger partial charge >= 0.3 is 0 Å². The van der Waals surface area contributed by atoms with Crippen LogP contribution in [0.3, 0.4) is 0 Å². The van der Waals surface area contributed by atoms with E-state index >= 15 is 0 Å². The average Bonchev–Trinajstić information content (AvgIpc) is 3.13. The Morgan fingerprint density at radius 3 is 1.00 bits per heavy atom. The zero-order chi connectivity index (χ0) is 32.9. The van der Waals surface area contributed by atoms with E-state index in [1.807, 2.05) is 48.5 Å². The van der Waals surface area contributed by atoms with Gasteiger partial charge < -0.3 is 39.7 Å². The number of nitrogens with one attached hydrogen (secondary N) is 1. The summed E-state index contributed by atoms with van der Waals surface area (Å²) in [6, 6.07) is -2.02. The van der Waals surface area contributed by atoms with Crippen molar-refractivity contribution < 1.29 is 19.6 Å². The number of hydrogen-bond donors (Lipinski definition) is 8. The van der Waals surface area contributed by atoms with Crippen LogP contribution in [0.15, 0.2) is 0 Å². The number of imide groups is 1. The monoisotopic (exact) mass is 599 g/mol. The number of carbonyl (C=O) groups is 3. The van der Waals surface area contributed by atoms with Gasteiger partial charge in [-0.2, -0.15) is 5.06 Å². The Bertz CT molecular complexity index is 593. The van der Waals surface area contributed by atoms with E-state index in [0.717, 1.165) is 0 Å². The van der Waals surface area contributed by atoms with Crippen LogP contribution in [0.4, 0.5) is 0 Å². The van der Waals surface area contributed by atoms with Crippen LogP contribution in [0, 0.1) is 10.8 Å². The number of hydrogen-bond acceptors (Lipinski definition) is 10. The summed E-state index contributed by atoms with van der Waals surface area (Å²) < 4.78 is 0. The van der Waals surface area contributed by atoms with E-state index in [1.165, 1.54) is 0 Å². The predicted octanol–water partition coefficient (Wildman–Crippen LogP) is 2.67. The van der Waals surface area contributed by atoms with Crippen molar-refractivity contribution in [3.63, 3.8) is 0 Å². The first-order chi connectivity index (χ1) is 17.5. The Kier molecular flexibility index (Phi) is 38.4. The fourth-order valence-corrected chi connectivity index (χ4v) is 2.15. The fraction of sp³-hybridized carbons (Fsp3) is 0.897. The van der Waals surface area contributed by atoms with Crippen molar-refractivity contribution >= 4 is 17.7 Å². The molecular weight excluding hydrogens is 524 g/mol. The first-order valence-electron chi connectivity index (χ1n) is 13.8. The third-order valence-corrected chi connectivity index (χ3v) is 4.48. The van der Waals surface area contributed by atoms with E-state index in [2.05, 4.69) is 33.0 Å². The van der Waals surface area contributed by atoms with E-state index in [1.54, 1.807) is 20.9 Å². The second-order valence-electron chi connectivity index (χ2n) is 11.5. The maximum atomic E-state index is 10.7. The molecular formula is C29H74N8O4. The van der Waals surface area contributed by atoms with Gasteiger partial charge in [-0.25, -0.2) is 0 Å². The number of carbonyl (C=O) groups excluding carboxylic acids is 3. The molecule has 3 amide bonds. The van der Waals surface area contributed by atoms with E-state index in [-0.39, 0.29) is 68.2 Å². The molecule has 0 aliphatic carbocycles. The summed E-state index contributed by atoms with van der Waals surface area (Å²) in [7, 11) is 1.65. The molecule has 0 spiro atoms. The second kappa shape index (κ2) is 28.4. The molecule has 1 saturated heterocycles. The summed E-state index contributed by atoms with van der Waals surface area (Å²) in [5, 5.41) is 11.1. The SMILES string of the molecule is C.C.CC.CC.CC(C)(C)C.CC(N)C(N)C(N)C(N)C(N)C(C)N.CNC(=O)C(C)(C)C.O=C1CCC(=O)N1O. The summed E-state index contributed by atoms with van der Waals surface area (Å²) in [6.45, 7) is 26.0. The third-order valence-electron chi connectivity index (χ3n) is 4.48. The molecule has 1 heterocycles. The Labute approximate surface area is 254 Å². The minimum Gasteiger partial charge on any atom is -0.359 e. The van der Waals surface area contributed by atoms with Gasteiger partial charge in [0.05, 0.1) is 0 Å². The molecule has 1 aliphatic heterocycles. The van der Waals surface area contributed by atoms with Crippen LogP contribution in [0.25, 0.3) is 0 Å². The molecule has 6 atom stereocenters. The molecule has 1 rings (SSSR count). The fourth-order valence-electron chi connectivity index (χ4n) is 2.15. The van der Waals surface area contributed by atoms with Gasteiger partial charge in [-0.05, 0) is 19.3 Å². The maximum absolute atomic E-state index is 10.7. The number of rotatable bonds is 5. The van der Waals surface area contributed by atoms with Crippen molar-refractivity contribution in [3.8, 4) is 0 Å². The summed E-state index contributed by atoms with van der Waals surface area (Å²) >= 11 is 0. The Hall–Kier alpha value is -1.67. The lowest BCUT2D eigenvalue weighted by Crippen LogP contribution is -2.66. The van der Waals surface area contributed by atoms with Crippen molar-refractivity contribution in [2.24, 2.45) is 45.2 Å². The first kappa shape index (κ1) is 55.3. The molecule has 1 fully saturated rings. The van der Waals surface area contributed by atoms with Gasteiger partial charge in [-0.1, -0.05) is 91.0 Å². The molecule has 12 heteroatoms. The molecule has 41 heavy (non-hydrogen) atoms. The molecule has 6 unspecified atom stereocenters. The van der Waals surface area contributed by atoms with Crippen LogP contribution in [-0.2, 0) is 14.4 Å². The van der Waals surface area contributed by atoms with Gasteiger partial charge in [0.15, 0.2) is 0 Å². The van der Waals surface area contributed by atoms with E-state index in [0.29, 0.717) is 5.41 Å². The lowest BCUT2D eigenvalue weighted by Gasteiger charge is -2.33. The number of hydroxylamine groups is 2. The minimum absolute atomic E-state index is 0. The zero-order valence-corrected chi connectivity index (χ0v) is 27.5. The average molecular weight is 599 g/mol. The van der Waals surface area contributed by atoms with Gasteiger partial charge in [0, 0.05) is 61.6 Å². The molecule has 14 N–H and O–H groups in total. The van der Waals surface area contributed by atoms with Crippen LogP contribution < -0.4 is 39.7 Å². The summed E-state index contributed by atoms with van der Waals surface area (Å²) in [4.78, 5) is 31.2. The van der Waals surface area contributed by atoms with Gasteiger partial charge in [0.2, 0.25) is 5.91 Å². The highest BCUT2D eigenvalue weighted by Gasteiger charge is 2.29. The summed E-state index contributed by atoms with van der Waals surface area (Å²) in [6.07, 6.45) is 0.296. The smallest absolute Gasteiger partial charge is 0.253 e. The molecule has 254 valence electrons. The quantitative estimate of drug-likeness (QED) is 0.170. The van der Waals surface area contributed by atoms with Crippen LogP contribution in [0.2, 0.25) is 0 Å². The maximum Gasteiger partial charge on any atom is 0.253 e. The van der Waals surface area contributed by atoms with Crippen molar-refractivity contribution in [1.82, 2.24) is 10.4 Å². The summed E-state index contributed by atoms with van der Waals surface area (Å²) in [5.74, 6) is -0.928. The minimum atomic E-state index is -0.505. The van der Waals surface area contributed by atoms with Crippen molar-refractivity contribution in [2.45, 2.75) is 154 Å². The van der Waals surface area contributed by atoms with Crippen LogP contribution in [0.1, 0.15) is 118 Å². The predicted molar refractivity (Wildman–Crippen MR) is 177 cm³/mol. The number of nitrogens with zero attached hydrogens (tertiary/aromatic N) is 1. The highest BCUT2D eigenvalue weighted by molar-refractivity contribution is 6.00. The molecule has 1 aliphatic rings. The first-order valence-corrected chi connectivity index (χ1v) is 13.8. The van der Waals surface area contributed by atoms with E-state index in [9.17, 15) is 14.4 Å². The highest BCUT2D eigenvalue weighted by atomic mass is 16.5. The summed E-state index contributed by atoms with van der Waals surface area (Å²) in [5.41, 5.74) is 34.7. The number of amides is 3. The van der Waals surface area contributed by atoms with Gasteiger partial charge in [-0.15, -0.1) is 0 Å². The second-order valence-corrected chi connectivity index (χ2v) is 11.5. The largest absolute Gasteiger partial charge is 0.359 e. The van der Waals surface area contributed by atoms with E-state index < -0.39 is 23.9 Å². The normalized spacial score (nSPS) is 16.4. The van der Waals surface area contributed by atoms with Gasteiger partial charge in [-0.3, -0.25) is 19.6 Å². The lowest BCUT2D eigenvalue weighted by atomic mass is 9.90. The molecule has 0 radical (unpaired) electrons. The van der Waals surface area contributed by atoms with Gasteiger partial charge in [0.25, 0.3) is 11.8 Å². The molecule has 0 saturated carbocycles. The van der Waals surface area contributed by atoms with E-state index in [4.69, 9.17) is 39.6 Å². The van der Waals surface area contributed by atoms with Gasteiger partial charge in [0.1, 0.15) is 0 Å². The Morgan fingerprint density at radius 1 is 0.707 bits per heavy atom. The zero-order valence-electron chi connectivity index (χ0n) is 27.5. The van der Waals surface area contributed by atoms with Crippen LogP contribution in [-0.4, -0.2) is 71.3 Å². The van der Waals surface area contributed by atoms with Crippen molar-refractivity contribution in [2.75, 3.05) is 7.05 Å². The lowest BCUT2D eigenvalue weighted by molar-refractivity contribution is -0.171. The molecule has 0 aromatic carbocycles. The standard InChI is InChI=1S/C8H24N6.C6H13NO.C5H12.C4H5NO3.2C2H6.2CH4/c1-3(9)5(11)7(13)8(14)6(12)4(2)10;1-6(2,3)5(8)7-4;1-5(2,3)4;6-3-1-2-4(7)5(3)8;2*1-2;;/h3-8H,9-14H2,1-2H3;1-4H3,(H,7,8);1-4H3;8H,1-2H2;2*1-2H3;2*1H4. The van der Waals surface area contributed by atoms with Crippen molar-refractivity contribution in [1.29, 1.82) is 0 Å². The Morgan fingerprint density at radius 2 is 0.927 bits per heavy atom. The highest BCUT2D eigenvalue weighted by Crippen LogP contribution is 2.11.